The number of anilines is 1. The number of carboxylic acids is 1. The molecule has 0 aliphatic carbocycles. The van der Waals surface area contributed by atoms with E-state index in [1.165, 1.54) is 11.3 Å². The summed E-state index contributed by atoms with van der Waals surface area (Å²) in [4.78, 5) is 15.4. The Morgan fingerprint density at radius 2 is 2.12 bits per heavy atom. The third-order valence-electron chi connectivity index (χ3n) is 2.19. The van der Waals surface area contributed by atoms with Crippen molar-refractivity contribution in [3.05, 3.63) is 10.6 Å². The molecular formula is C11H18N2O2S. The maximum atomic E-state index is 10.8. The second-order valence-corrected chi connectivity index (χ2v) is 5.41. The van der Waals surface area contributed by atoms with Crippen LogP contribution in [0.1, 0.15) is 42.6 Å². The number of nitrogens with zero attached hydrogens (tertiary/aromatic N) is 1. The van der Waals surface area contributed by atoms with Crippen molar-refractivity contribution in [1.82, 2.24) is 4.98 Å². The molecular weight excluding hydrogens is 224 g/mol. The van der Waals surface area contributed by atoms with Gasteiger partial charge in [-0.1, -0.05) is 25.2 Å². The highest BCUT2D eigenvalue weighted by Crippen LogP contribution is 2.23. The number of rotatable bonds is 5. The second-order valence-electron chi connectivity index (χ2n) is 4.41. The average Bonchev–Trinajstić information content (AvgIpc) is 2.44. The van der Waals surface area contributed by atoms with E-state index in [0.717, 1.165) is 6.42 Å². The average molecular weight is 242 g/mol. The van der Waals surface area contributed by atoms with Crippen molar-refractivity contribution in [1.29, 1.82) is 0 Å². The fourth-order valence-corrected chi connectivity index (χ4v) is 2.55. The van der Waals surface area contributed by atoms with E-state index in [0.29, 0.717) is 27.7 Å². The molecule has 0 spiro atoms. The van der Waals surface area contributed by atoms with Gasteiger partial charge in [0.1, 0.15) is 4.88 Å². The van der Waals surface area contributed by atoms with Crippen molar-refractivity contribution in [2.24, 2.45) is 5.92 Å². The summed E-state index contributed by atoms with van der Waals surface area (Å²) in [5, 5.41) is 12.8. The number of hydrogen-bond donors (Lipinski definition) is 2. The molecule has 5 heteroatoms. The van der Waals surface area contributed by atoms with Crippen LogP contribution in [0, 0.1) is 12.8 Å². The third kappa shape index (κ3) is 3.48. The van der Waals surface area contributed by atoms with Crippen molar-refractivity contribution in [3.8, 4) is 0 Å². The molecule has 1 heterocycles. The standard InChI is InChI=1S/C11H18N2O2S/c1-6(2)5-7(3)12-11-13-8(4)9(16-11)10(14)15/h6-7H,5H2,1-4H3,(H,12,13)(H,14,15). The summed E-state index contributed by atoms with van der Waals surface area (Å²) >= 11 is 1.20. The van der Waals surface area contributed by atoms with Crippen molar-refractivity contribution in [2.75, 3.05) is 5.32 Å². The number of hydrogen-bond acceptors (Lipinski definition) is 4. The summed E-state index contributed by atoms with van der Waals surface area (Å²) in [6.45, 7) is 8.12. The molecule has 0 amide bonds. The first kappa shape index (κ1) is 13.0. The molecule has 0 bridgehead atoms. The SMILES string of the molecule is Cc1nc(NC(C)CC(C)C)sc1C(=O)O. The van der Waals surface area contributed by atoms with Crippen LogP contribution in [0.3, 0.4) is 0 Å². The van der Waals surface area contributed by atoms with Gasteiger partial charge < -0.3 is 10.4 Å². The highest BCUT2D eigenvalue weighted by molar-refractivity contribution is 7.17. The first-order chi connectivity index (χ1) is 7.40. The predicted molar refractivity (Wildman–Crippen MR) is 66.4 cm³/mol. The molecule has 0 aromatic carbocycles. The number of aromatic carboxylic acids is 1. The Labute approximate surface area is 99.7 Å². The molecule has 0 fully saturated rings. The number of carbonyl (C=O) groups is 1. The second kappa shape index (κ2) is 5.30. The van der Waals surface area contributed by atoms with E-state index in [-0.39, 0.29) is 0 Å². The lowest BCUT2D eigenvalue weighted by molar-refractivity contribution is 0.0701. The number of aromatic nitrogens is 1. The molecule has 0 radical (unpaired) electrons. The summed E-state index contributed by atoms with van der Waals surface area (Å²) in [5.74, 6) is -0.290. The molecule has 0 saturated heterocycles. The van der Waals surface area contributed by atoms with Crippen LogP contribution in [0.15, 0.2) is 0 Å². The van der Waals surface area contributed by atoms with E-state index in [2.05, 4.69) is 31.1 Å². The van der Waals surface area contributed by atoms with Crippen LogP contribution in [0.5, 0.6) is 0 Å². The molecule has 0 aliphatic rings. The topological polar surface area (TPSA) is 62.2 Å². The molecule has 1 atom stereocenters. The molecule has 1 unspecified atom stereocenters. The van der Waals surface area contributed by atoms with Crippen LogP contribution in [0.2, 0.25) is 0 Å². The van der Waals surface area contributed by atoms with Crippen LogP contribution in [0.4, 0.5) is 5.13 Å². The normalized spacial score (nSPS) is 12.8. The smallest absolute Gasteiger partial charge is 0.347 e. The zero-order valence-electron chi connectivity index (χ0n) is 10.1. The lowest BCUT2D eigenvalue weighted by Gasteiger charge is -2.14. The zero-order chi connectivity index (χ0) is 12.3. The summed E-state index contributed by atoms with van der Waals surface area (Å²) in [7, 11) is 0. The minimum atomic E-state index is -0.903. The van der Waals surface area contributed by atoms with Gasteiger partial charge in [0.25, 0.3) is 0 Å². The number of thiazole rings is 1. The fraction of sp³-hybridized carbons (Fsp3) is 0.636. The molecule has 1 aromatic heterocycles. The van der Waals surface area contributed by atoms with Crippen LogP contribution >= 0.6 is 11.3 Å². The van der Waals surface area contributed by atoms with Gasteiger partial charge >= 0.3 is 5.97 Å². The maximum Gasteiger partial charge on any atom is 0.347 e. The molecule has 2 N–H and O–H groups in total. The van der Waals surface area contributed by atoms with Gasteiger partial charge in [-0.3, -0.25) is 0 Å². The first-order valence-corrected chi connectivity index (χ1v) is 6.19. The van der Waals surface area contributed by atoms with Crippen molar-refractivity contribution in [2.45, 2.75) is 40.2 Å². The highest BCUT2D eigenvalue weighted by Gasteiger charge is 2.15. The molecule has 0 saturated carbocycles. The quantitative estimate of drug-likeness (QED) is 0.833. The van der Waals surface area contributed by atoms with Crippen molar-refractivity contribution < 1.29 is 9.90 Å². The highest BCUT2D eigenvalue weighted by atomic mass is 32.1. The summed E-state index contributed by atoms with van der Waals surface area (Å²) in [6, 6.07) is 0.312. The van der Waals surface area contributed by atoms with E-state index < -0.39 is 5.97 Å². The van der Waals surface area contributed by atoms with Gasteiger partial charge in [-0.15, -0.1) is 0 Å². The van der Waals surface area contributed by atoms with Crippen LogP contribution in [-0.2, 0) is 0 Å². The Morgan fingerprint density at radius 3 is 2.56 bits per heavy atom. The van der Waals surface area contributed by atoms with Crippen LogP contribution in [0.25, 0.3) is 0 Å². The minimum absolute atomic E-state index is 0.312. The van der Waals surface area contributed by atoms with E-state index in [9.17, 15) is 4.79 Å². The zero-order valence-corrected chi connectivity index (χ0v) is 10.9. The Balaban J connectivity index is 2.68. The molecule has 90 valence electrons. The van der Waals surface area contributed by atoms with Gasteiger partial charge in [0.2, 0.25) is 0 Å². The largest absolute Gasteiger partial charge is 0.477 e. The van der Waals surface area contributed by atoms with E-state index in [1.807, 2.05) is 0 Å². The maximum absolute atomic E-state index is 10.8. The molecule has 4 nitrogen and oxygen atoms in total. The van der Waals surface area contributed by atoms with Gasteiger partial charge in [0.05, 0.1) is 5.69 Å². The molecule has 16 heavy (non-hydrogen) atoms. The molecule has 0 aliphatic heterocycles. The first-order valence-electron chi connectivity index (χ1n) is 5.37. The third-order valence-corrected chi connectivity index (χ3v) is 3.26. The number of aryl methyl sites for hydroxylation is 1. The van der Waals surface area contributed by atoms with E-state index in [4.69, 9.17) is 5.11 Å². The Hall–Kier alpha value is -1.10. The van der Waals surface area contributed by atoms with Gasteiger partial charge in [0.15, 0.2) is 5.13 Å². The van der Waals surface area contributed by atoms with Gasteiger partial charge in [-0.05, 0) is 26.2 Å². The Kier molecular flexibility index (Phi) is 4.29. The van der Waals surface area contributed by atoms with Crippen molar-refractivity contribution >= 4 is 22.4 Å². The molecule has 1 aromatic rings. The Bertz CT molecular complexity index is 374. The predicted octanol–water partition coefficient (Wildman–Crippen LogP) is 3.00. The van der Waals surface area contributed by atoms with E-state index in [1.54, 1.807) is 6.92 Å². The monoisotopic (exact) mass is 242 g/mol. The number of carboxylic acid groups (broad SMARTS) is 1. The summed E-state index contributed by atoms with van der Waals surface area (Å²) in [5.41, 5.74) is 0.580. The minimum Gasteiger partial charge on any atom is -0.477 e. The van der Waals surface area contributed by atoms with E-state index >= 15 is 0 Å². The lowest BCUT2D eigenvalue weighted by Crippen LogP contribution is -2.17. The number of nitrogens with one attached hydrogen (secondary N) is 1. The summed E-state index contributed by atoms with van der Waals surface area (Å²) in [6.07, 6.45) is 1.04. The van der Waals surface area contributed by atoms with Crippen LogP contribution in [-0.4, -0.2) is 22.1 Å². The van der Waals surface area contributed by atoms with Crippen molar-refractivity contribution in [3.63, 3.8) is 0 Å². The van der Waals surface area contributed by atoms with Crippen LogP contribution < -0.4 is 5.32 Å². The molecule has 1 rings (SSSR count). The van der Waals surface area contributed by atoms with Gasteiger partial charge in [-0.25, -0.2) is 9.78 Å². The van der Waals surface area contributed by atoms with Gasteiger partial charge in [0, 0.05) is 6.04 Å². The lowest BCUT2D eigenvalue weighted by atomic mass is 10.1. The fourth-order valence-electron chi connectivity index (χ4n) is 1.63. The van der Waals surface area contributed by atoms with Gasteiger partial charge in [-0.2, -0.15) is 0 Å². The summed E-state index contributed by atoms with van der Waals surface area (Å²) < 4.78 is 0. The Morgan fingerprint density at radius 1 is 1.50 bits per heavy atom.